The molecule has 3 heteroatoms. The summed E-state index contributed by atoms with van der Waals surface area (Å²) < 4.78 is 0. The maximum Gasteiger partial charge on any atom is 0.132 e. The van der Waals surface area contributed by atoms with Crippen LogP contribution in [0.3, 0.4) is 0 Å². The van der Waals surface area contributed by atoms with Crippen molar-refractivity contribution in [3.05, 3.63) is 48.8 Å². The lowest BCUT2D eigenvalue weighted by Gasteiger charge is -2.01. The molecule has 0 unspecified atom stereocenters. The summed E-state index contributed by atoms with van der Waals surface area (Å²) in [7, 11) is 0. The molecule has 13 heavy (non-hydrogen) atoms. The Morgan fingerprint density at radius 3 is 2.69 bits per heavy atom. The largest absolute Gasteiger partial charge is 0.325 e. The molecular formula is C10H8N3. The third-order valence-electron chi connectivity index (χ3n) is 1.53. The molecule has 0 aliphatic heterocycles. The molecule has 0 atom stereocenters. The Hall–Kier alpha value is -1.90. The zero-order valence-corrected chi connectivity index (χ0v) is 6.94. The van der Waals surface area contributed by atoms with Gasteiger partial charge in [0, 0.05) is 12.4 Å². The normalized spacial score (nSPS) is 9.54. The van der Waals surface area contributed by atoms with Crippen LogP contribution in [-0.2, 0) is 0 Å². The molecule has 0 bridgehead atoms. The molecule has 1 N–H and O–H groups in total. The number of rotatable bonds is 2. The predicted octanol–water partition coefficient (Wildman–Crippen LogP) is 2.02. The Kier molecular flexibility index (Phi) is 2.18. The van der Waals surface area contributed by atoms with E-state index in [9.17, 15) is 0 Å². The molecule has 2 aromatic heterocycles. The molecule has 2 rings (SSSR count). The van der Waals surface area contributed by atoms with Crippen molar-refractivity contribution < 1.29 is 0 Å². The zero-order chi connectivity index (χ0) is 8.93. The first-order chi connectivity index (χ1) is 6.45. The van der Waals surface area contributed by atoms with Crippen molar-refractivity contribution in [2.24, 2.45) is 0 Å². The van der Waals surface area contributed by atoms with Gasteiger partial charge in [0.05, 0.1) is 0 Å². The average molecular weight is 170 g/mol. The molecule has 3 nitrogen and oxygen atoms in total. The monoisotopic (exact) mass is 170 g/mol. The maximum absolute atomic E-state index is 4.11. The highest BCUT2D eigenvalue weighted by Gasteiger charge is 1.92. The van der Waals surface area contributed by atoms with Crippen LogP contribution in [0.5, 0.6) is 0 Å². The van der Waals surface area contributed by atoms with Crippen molar-refractivity contribution >= 4 is 11.6 Å². The highest BCUT2D eigenvalue weighted by Crippen LogP contribution is 2.08. The van der Waals surface area contributed by atoms with Crippen LogP contribution in [0.4, 0.5) is 11.6 Å². The van der Waals surface area contributed by atoms with E-state index >= 15 is 0 Å². The van der Waals surface area contributed by atoms with E-state index in [1.165, 1.54) is 0 Å². The first-order valence-corrected chi connectivity index (χ1v) is 3.95. The fourth-order valence-electron chi connectivity index (χ4n) is 0.961. The summed E-state index contributed by atoms with van der Waals surface area (Å²) in [5.41, 5.74) is 0. The molecule has 0 aliphatic rings. The van der Waals surface area contributed by atoms with E-state index in [2.05, 4.69) is 21.4 Å². The van der Waals surface area contributed by atoms with E-state index in [1.54, 1.807) is 24.5 Å². The van der Waals surface area contributed by atoms with Gasteiger partial charge in [0.25, 0.3) is 0 Å². The zero-order valence-electron chi connectivity index (χ0n) is 6.94. The molecule has 0 aliphatic carbocycles. The predicted molar refractivity (Wildman–Crippen MR) is 50.6 cm³/mol. The molecular weight excluding hydrogens is 162 g/mol. The highest BCUT2D eigenvalue weighted by molar-refractivity contribution is 5.50. The second kappa shape index (κ2) is 3.67. The van der Waals surface area contributed by atoms with Crippen LogP contribution >= 0.6 is 0 Å². The minimum Gasteiger partial charge on any atom is -0.325 e. The topological polar surface area (TPSA) is 37.8 Å². The van der Waals surface area contributed by atoms with E-state index in [-0.39, 0.29) is 0 Å². The van der Waals surface area contributed by atoms with E-state index in [0.717, 1.165) is 11.6 Å². The lowest BCUT2D eigenvalue weighted by atomic mass is 10.4. The molecule has 2 aromatic rings. The number of hydrogen-bond donors (Lipinski definition) is 1. The minimum atomic E-state index is 0.751. The summed E-state index contributed by atoms with van der Waals surface area (Å²) in [5.74, 6) is 1.54. The molecule has 0 saturated heterocycles. The van der Waals surface area contributed by atoms with Crippen LogP contribution in [0, 0.1) is 6.07 Å². The SMILES string of the molecule is [c]1ccnc(Nc2ccccn2)c1. The smallest absolute Gasteiger partial charge is 0.132 e. The van der Waals surface area contributed by atoms with Crippen molar-refractivity contribution in [3.8, 4) is 0 Å². The van der Waals surface area contributed by atoms with Crippen molar-refractivity contribution in [2.75, 3.05) is 5.32 Å². The first-order valence-electron chi connectivity index (χ1n) is 3.95. The van der Waals surface area contributed by atoms with E-state index in [4.69, 9.17) is 0 Å². The molecule has 0 saturated carbocycles. The van der Waals surface area contributed by atoms with Crippen molar-refractivity contribution in [1.82, 2.24) is 9.97 Å². The van der Waals surface area contributed by atoms with E-state index < -0.39 is 0 Å². The Balaban J connectivity index is 2.16. The van der Waals surface area contributed by atoms with Crippen LogP contribution < -0.4 is 5.32 Å². The second-order valence-electron chi connectivity index (χ2n) is 2.48. The van der Waals surface area contributed by atoms with Gasteiger partial charge in [-0.25, -0.2) is 9.97 Å². The van der Waals surface area contributed by atoms with Gasteiger partial charge in [-0.15, -0.1) is 0 Å². The number of pyridine rings is 2. The highest BCUT2D eigenvalue weighted by atomic mass is 15.0. The Bertz CT molecular complexity index is 321. The van der Waals surface area contributed by atoms with Crippen LogP contribution in [-0.4, -0.2) is 9.97 Å². The third-order valence-corrected chi connectivity index (χ3v) is 1.53. The summed E-state index contributed by atoms with van der Waals surface area (Å²) >= 11 is 0. The number of nitrogens with one attached hydrogen (secondary N) is 1. The summed E-state index contributed by atoms with van der Waals surface area (Å²) in [6.45, 7) is 0. The molecule has 2 heterocycles. The summed E-state index contributed by atoms with van der Waals surface area (Å²) in [5, 5.41) is 3.05. The third kappa shape index (κ3) is 2.02. The fourth-order valence-corrected chi connectivity index (χ4v) is 0.961. The van der Waals surface area contributed by atoms with E-state index in [1.807, 2.05) is 18.2 Å². The number of anilines is 2. The van der Waals surface area contributed by atoms with Crippen LogP contribution in [0.15, 0.2) is 42.7 Å². The Morgan fingerprint density at radius 1 is 1.08 bits per heavy atom. The van der Waals surface area contributed by atoms with Crippen LogP contribution in [0.1, 0.15) is 0 Å². The number of nitrogens with zero attached hydrogens (tertiary/aromatic N) is 2. The average Bonchev–Trinajstić information content (AvgIpc) is 2.21. The van der Waals surface area contributed by atoms with Crippen LogP contribution in [0.2, 0.25) is 0 Å². The van der Waals surface area contributed by atoms with Crippen molar-refractivity contribution in [2.45, 2.75) is 0 Å². The van der Waals surface area contributed by atoms with Gasteiger partial charge in [0.1, 0.15) is 11.6 Å². The van der Waals surface area contributed by atoms with Gasteiger partial charge >= 0.3 is 0 Å². The molecule has 0 fully saturated rings. The van der Waals surface area contributed by atoms with Crippen LogP contribution in [0.25, 0.3) is 0 Å². The lowest BCUT2D eigenvalue weighted by molar-refractivity contribution is 1.25. The van der Waals surface area contributed by atoms with Gasteiger partial charge in [-0.05, 0) is 30.3 Å². The lowest BCUT2D eigenvalue weighted by Crippen LogP contribution is -1.93. The maximum atomic E-state index is 4.11. The van der Waals surface area contributed by atoms with Crippen molar-refractivity contribution in [1.29, 1.82) is 0 Å². The Labute approximate surface area is 76.5 Å². The number of aromatic nitrogens is 2. The standard InChI is InChI=1S/C10H8N3/c1-3-7-11-9(5-1)13-10-6-2-4-8-12-10/h1,3-8H,(H,11,12,13). The van der Waals surface area contributed by atoms with Gasteiger partial charge in [-0.1, -0.05) is 6.07 Å². The summed E-state index contributed by atoms with van der Waals surface area (Å²) in [6.07, 6.45) is 3.42. The molecule has 1 radical (unpaired) electrons. The molecule has 63 valence electrons. The fraction of sp³-hybridized carbons (Fsp3) is 0. The van der Waals surface area contributed by atoms with Gasteiger partial charge in [-0.3, -0.25) is 0 Å². The summed E-state index contributed by atoms with van der Waals surface area (Å²) in [6, 6.07) is 12.1. The molecule has 0 spiro atoms. The van der Waals surface area contributed by atoms with Crippen molar-refractivity contribution in [3.63, 3.8) is 0 Å². The van der Waals surface area contributed by atoms with Gasteiger partial charge in [0.15, 0.2) is 0 Å². The molecule has 0 amide bonds. The quantitative estimate of drug-likeness (QED) is 0.749. The van der Waals surface area contributed by atoms with E-state index in [0.29, 0.717) is 0 Å². The van der Waals surface area contributed by atoms with Gasteiger partial charge < -0.3 is 5.32 Å². The van der Waals surface area contributed by atoms with Gasteiger partial charge in [0.2, 0.25) is 0 Å². The van der Waals surface area contributed by atoms with Gasteiger partial charge in [-0.2, -0.15) is 0 Å². The first kappa shape index (κ1) is 7.73. The minimum absolute atomic E-state index is 0.751. The second-order valence-corrected chi connectivity index (χ2v) is 2.48. The summed E-state index contributed by atoms with van der Waals surface area (Å²) in [4.78, 5) is 8.20. The number of hydrogen-bond acceptors (Lipinski definition) is 3. The molecule has 0 aromatic carbocycles. The Morgan fingerprint density at radius 2 is 2.00 bits per heavy atom.